The molecule has 0 saturated carbocycles. The maximum absolute atomic E-state index is 12.0. The molecule has 4 heteroatoms. The average Bonchev–Trinajstić information content (AvgIpc) is 2.16. The van der Waals surface area contributed by atoms with E-state index < -0.39 is 6.08 Å². The molecule has 1 N–H and O–H groups in total. The highest BCUT2D eigenvalue weighted by Gasteiger charge is 1.99. The fraction of sp³-hybridized carbons (Fsp3) is 0.100. The minimum atomic E-state index is -1.75. The molecular weight excluding hydrogens is 186 g/mol. The van der Waals surface area contributed by atoms with E-state index in [0.29, 0.717) is 11.3 Å². The summed E-state index contributed by atoms with van der Waals surface area (Å²) in [5.74, 6) is 0. The molecule has 0 amide bonds. The zero-order valence-electron chi connectivity index (χ0n) is 7.30. The fourth-order valence-corrected chi connectivity index (χ4v) is 1.04. The number of halogens is 2. The van der Waals surface area contributed by atoms with Crippen LogP contribution in [-0.4, -0.2) is 6.54 Å². The Bertz CT molecular complexity index is 376. The molecule has 0 spiro atoms. The minimum Gasteiger partial charge on any atom is -0.372 e. The van der Waals surface area contributed by atoms with E-state index in [2.05, 4.69) is 5.32 Å². The summed E-state index contributed by atoms with van der Waals surface area (Å²) in [5.41, 5.74) is 0.907. The van der Waals surface area contributed by atoms with Gasteiger partial charge in [-0.1, -0.05) is 18.2 Å². The lowest BCUT2D eigenvalue weighted by Gasteiger charge is -2.04. The summed E-state index contributed by atoms with van der Waals surface area (Å²) in [7, 11) is 0. The summed E-state index contributed by atoms with van der Waals surface area (Å²) in [5, 5.41) is 11.1. The lowest BCUT2D eigenvalue weighted by atomic mass is 10.2. The Labute approximate surface area is 80.5 Å². The Morgan fingerprint density at radius 3 is 2.79 bits per heavy atom. The van der Waals surface area contributed by atoms with E-state index in [-0.39, 0.29) is 6.54 Å². The van der Waals surface area contributed by atoms with Crippen molar-refractivity contribution in [3.05, 3.63) is 35.9 Å². The molecule has 0 radical (unpaired) electrons. The van der Waals surface area contributed by atoms with Crippen molar-refractivity contribution in [2.24, 2.45) is 0 Å². The summed E-state index contributed by atoms with van der Waals surface area (Å²) in [6, 6.07) is 8.45. The molecule has 72 valence electrons. The van der Waals surface area contributed by atoms with Crippen LogP contribution in [0.4, 0.5) is 14.5 Å². The van der Waals surface area contributed by atoms with Gasteiger partial charge >= 0.3 is 0 Å². The van der Waals surface area contributed by atoms with Gasteiger partial charge in [0.1, 0.15) is 6.54 Å². The third-order valence-electron chi connectivity index (χ3n) is 1.58. The van der Waals surface area contributed by atoms with Gasteiger partial charge in [-0.05, 0) is 6.07 Å². The van der Waals surface area contributed by atoms with Crippen molar-refractivity contribution in [1.29, 1.82) is 5.26 Å². The Kier molecular flexibility index (Phi) is 3.62. The van der Waals surface area contributed by atoms with E-state index in [0.717, 1.165) is 6.08 Å². The highest BCUT2D eigenvalue weighted by Crippen LogP contribution is 2.18. The lowest BCUT2D eigenvalue weighted by molar-refractivity contribution is 0.429. The highest BCUT2D eigenvalue weighted by atomic mass is 19.3. The van der Waals surface area contributed by atoms with Gasteiger partial charge < -0.3 is 5.32 Å². The van der Waals surface area contributed by atoms with E-state index in [1.54, 1.807) is 24.3 Å². The molecule has 1 rings (SSSR count). The van der Waals surface area contributed by atoms with Crippen molar-refractivity contribution in [2.45, 2.75) is 0 Å². The van der Waals surface area contributed by atoms with Crippen LogP contribution < -0.4 is 5.32 Å². The molecule has 2 nitrogen and oxygen atoms in total. The molecule has 1 aromatic rings. The minimum absolute atomic E-state index is 0.0960. The van der Waals surface area contributed by atoms with Gasteiger partial charge in [0.25, 0.3) is 6.08 Å². The largest absolute Gasteiger partial charge is 0.372 e. The van der Waals surface area contributed by atoms with Crippen molar-refractivity contribution in [1.82, 2.24) is 0 Å². The molecule has 0 unspecified atom stereocenters. The smallest absolute Gasteiger partial charge is 0.270 e. The van der Waals surface area contributed by atoms with Crippen LogP contribution in [-0.2, 0) is 0 Å². The second-order valence-corrected chi connectivity index (χ2v) is 2.53. The third-order valence-corrected chi connectivity index (χ3v) is 1.58. The number of nitrogens with one attached hydrogen (secondary N) is 1. The Hall–Kier alpha value is -1.89. The molecule has 1 aromatic carbocycles. The standard InChI is InChI=1S/C10H8F2N2/c11-10(12)7-8-3-1-2-4-9(8)14-6-5-13/h1-4,7,14H,6H2. The first kappa shape index (κ1) is 10.2. The van der Waals surface area contributed by atoms with Crippen LogP contribution in [0.2, 0.25) is 0 Å². The molecule has 0 bridgehead atoms. The summed E-state index contributed by atoms with van der Waals surface area (Å²) >= 11 is 0. The van der Waals surface area contributed by atoms with Crippen LogP contribution in [0.3, 0.4) is 0 Å². The maximum Gasteiger partial charge on any atom is 0.270 e. The second kappa shape index (κ2) is 4.97. The number of hydrogen-bond acceptors (Lipinski definition) is 2. The van der Waals surface area contributed by atoms with Gasteiger partial charge in [0.05, 0.1) is 6.07 Å². The first-order chi connectivity index (χ1) is 6.74. The maximum atomic E-state index is 12.0. The van der Waals surface area contributed by atoms with Crippen LogP contribution in [0.5, 0.6) is 0 Å². The van der Waals surface area contributed by atoms with E-state index in [9.17, 15) is 8.78 Å². The number of nitriles is 1. The Morgan fingerprint density at radius 1 is 1.43 bits per heavy atom. The molecule has 0 aromatic heterocycles. The molecule has 0 heterocycles. The van der Waals surface area contributed by atoms with Crippen molar-refractivity contribution in [3.8, 4) is 6.07 Å². The lowest BCUT2D eigenvalue weighted by Crippen LogP contribution is -1.99. The van der Waals surface area contributed by atoms with Gasteiger partial charge in [-0.25, -0.2) is 0 Å². The van der Waals surface area contributed by atoms with Gasteiger partial charge in [-0.15, -0.1) is 0 Å². The first-order valence-electron chi connectivity index (χ1n) is 3.96. The topological polar surface area (TPSA) is 35.8 Å². The number of nitrogens with zero attached hydrogens (tertiary/aromatic N) is 1. The first-order valence-corrected chi connectivity index (χ1v) is 3.96. The number of rotatable bonds is 3. The molecule has 0 saturated heterocycles. The van der Waals surface area contributed by atoms with E-state index in [1.165, 1.54) is 0 Å². The molecule has 0 aliphatic carbocycles. The Morgan fingerprint density at radius 2 is 2.14 bits per heavy atom. The summed E-state index contributed by atoms with van der Waals surface area (Å²) in [6.07, 6.45) is -0.990. The van der Waals surface area contributed by atoms with Crippen LogP contribution >= 0.6 is 0 Å². The zero-order chi connectivity index (χ0) is 10.4. The quantitative estimate of drug-likeness (QED) is 0.751. The van der Waals surface area contributed by atoms with Crippen molar-refractivity contribution in [2.75, 3.05) is 11.9 Å². The molecular formula is C10H8F2N2. The van der Waals surface area contributed by atoms with Gasteiger partial charge in [0.2, 0.25) is 0 Å². The molecule has 0 atom stereocenters. The van der Waals surface area contributed by atoms with Crippen LogP contribution in [0, 0.1) is 11.3 Å². The number of benzene rings is 1. The van der Waals surface area contributed by atoms with Crippen molar-refractivity contribution < 1.29 is 8.78 Å². The monoisotopic (exact) mass is 194 g/mol. The predicted octanol–water partition coefficient (Wildman–Crippen LogP) is 2.86. The fourth-order valence-electron chi connectivity index (χ4n) is 1.04. The summed E-state index contributed by atoms with van der Waals surface area (Å²) in [6.45, 7) is 0.0960. The average molecular weight is 194 g/mol. The van der Waals surface area contributed by atoms with Gasteiger partial charge in [0, 0.05) is 17.3 Å². The molecule has 14 heavy (non-hydrogen) atoms. The molecule has 0 aliphatic heterocycles. The number of para-hydroxylation sites is 1. The van der Waals surface area contributed by atoms with Crippen molar-refractivity contribution >= 4 is 11.8 Å². The SMILES string of the molecule is N#CCNc1ccccc1C=C(F)F. The van der Waals surface area contributed by atoms with Crippen molar-refractivity contribution in [3.63, 3.8) is 0 Å². The van der Waals surface area contributed by atoms with Crippen LogP contribution in [0.25, 0.3) is 6.08 Å². The van der Waals surface area contributed by atoms with Gasteiger partial charge in [-0.3, -0.25) is 0 Å². The highest BCUT2D eigenvalue weighted by molar-refractivity contribution is 5.66. The molecule has 0 fully saturated rings. The summed E-state index contributed by atoms with van der Waals surface area (Å²) < 4.78 is 24.0. The number of hydrogen-bond donors (Lipinski definition) is 1. The van der Waals surface area contributed by atoms with Crippen LogP contribution in [0.15, 0.2) is 30.3 Å². The number of anilines is 1. The zero-order valence-corrected chi connectivity index (χ0v) is 7.30. The Balaban J connectivity index is 2.92. The molecule has 0 aliphatic rings. The van der Waals surface area contributed by atoms with Gasteiger partial charge in [0.15, 0.2) is 0 Å². The van der Waals surface area contributed by atoms with E-state index in [1.807, 2.05) is 6.07 Å². The second-order valence-electron chi connectivity index (χ2n) is 2.53. The third kappa shape index (κ3) is 2.87. The van der Waals surface area contributed by atoms with E-state index >= 15 is 0 Å². The van der Waals surface area contributed by atoms with Gasteiger partial charge in [-0.2, -0.15) is 14.0 Å². The van der Waals surface area contributed by atoms with Crippen LogP contribution in [0.1, 0.15) is 5.56 Å². The predicted molar refractivity (Wildman–Crippen MR) is 50.7 cm³/mol. The normalized spacial score (nSPS) is 8.93. The van der Waals surface area contributed by atoms with E-state index in [4.69, 9.17) is 5.26 Å². The summed E-state index contributed by atoms with van der Waals surface area (Å²) in [4.78, 5) is 0.